The zero-order valence-corrected chi connectivity index (χ0v) is 8.93. The molecule has 1 aromatic heterocycles. The monoisotopic (exact) mass is 225 g/mol. The lowest BCUT2D eigenvalue weighted by atomic mass is 10.2. The van der Waals surface area contributed by atoms with E-state index in [1.165, 1.54) is 10.8 Å². The summed E-state index contributed by atoms with van der Waals surface area (Å²) in [4.78, 5) is 13.2. The second-order valence-electron chi connectivity index (χ2n) is 2.77. The smallest absolute Gasteiger partial charge is 0.242 e. The lowest BCUT2D eigenvalue weighted by Gasteiger charge is -1.90. The maximum absolute atomic E-state index is 10.9. The Morgan fingerprint density at radius 2 is 2.40 bits per heavy atom. The summed E-state index contributed by atoms with van der Waals surface area (Å²) in [6.07, 6.45) is 2.62. The van der Waals surface area contributed by atoms with Gasteiger partial charge in [0.05, 0.1) is 5.69 Å². The van der Waals surface area contributed by atoms with Crippen molar-refractivity contribution in [3.05, 3.63) is 32.9 Å². The Kier molecular flexibility index (Phi) is 3.49. The first-order valence-electron chi connectivity index (χ1n) is 4.02. The number of aryl methyl sites for hydroxylation is 2. The van der Waals surface area contributed by atoms with Crippen LogP contribution < -0.4 is 0 Å². The van der Waals surface area contributed by atoms with Crippen LogP contribution in [0.3, 0.4) is 0 Å². The van der Waals surface area contributed by atoms with Gasteiger partial charge in [-0.1, -0.05) is 11.6 Å². The molecule has 0 aromatic carbocycles. The van der Waals surface area contributed by atoms with Gasteiger partial charge < -0.3 is 0 Å². The summed E-state index contributed by atoms with van der Waals surface area (Å²) >= 11 is 5.91. The molecular weight excluding hydrogens is 218 g/mol. The van der Waals surface area contributed by atoms with Gasteiger partial charge in [0, 0.05) is 17.5 Å². The van der Waals surface area contributed by atoms with E-state index in [0.29, 0.717) is 16.4 Å². The van der Waals surface area contributed by atoms with E-state index in [4.69, 9.17) is 17.1 Å². The zero-order chi connectivity index (χ0) is 11.4. The van der Waals surface area contributed by atoms with Crippen LogP contribution in [0.2, 0.25) is 5.15 Å². The minimum absolute atomic E-state index is 0.428. The molecule has 0 N–H and O–H groups in total. The number of halogens is 1. The Labute approximate surface area is 90.8 Å². The molecule has 0 bridgehead atoms. The molecule has 15 heavy (non-hydrogen) atoms. The number of azide groups is 1. The number of rotatable bonds is 2. The molecule has 78 valence electrons. The van der Waals surface area contributed by atoms with Gasteiger partial charge in [-0.25, -0.2) is 0 Å². The van der Waals surface area contributed by atoms with Crippen molar-refractivity contribution >= 4 is 23.6 Å². The quantitative estimate of drug-likeness (QED) is 0.335. The van der Waals surface area contributed by atoms with Crippen LogP contribution >= 0.6 is 11.6 Å². The van der Waals surface area contributed by atoms with Crippen molar-refractivity contribution < 1.29 is 4.79 Å². The van der Waals surface area contributed by atoms with E-state index in [9.17, 15) is 4.79 Å². The summed E-state index contributed by atoms with van der Waals surface area (Å²) in [7, 11) is 1.70. The fourth-order valence-corrected chi connectivity index (χ4v) is 1.31. The van der Waals surface area contributed by atoms with Crippen molar-refractivity contribution in [3.63, 3.8) is 0 Å². The third-order valence-corrected chi connectivity index (χ3v) is 2.18. The van der Waals surface area contributed by atoms with Gasteiger partial charge in [-0.2, -0.15) is 5.10 Å². The van der Waals surface area contributed by atoms with Crippen LogP contribution in [-0.4, -0.2) is 15.7 Å². The third-order valence-electron chi connectivity index (χ3n) is 1.73. The average Bonchev–Trinajstić information content (AvgIpc) is 2.40. The summed E-state index contributed by atoms with van der Waals surface area (Å²) in [6.45, 7) is 1.77. The average molecular weight is 226 g/mol. The molecule has 0 atom stereocenters. The van der Waals surface area contributed by atoms with E-state index in [2.05, 4.69) is 15.1 Å². The van der Waals surface area contributed by atoms with Crippen molar-refractivity contribution in [2.24, 2.45) is 12.2 Å². The van der Waals surface area contributed by atoms with Crippen LogP contribution in [0.1, 0.15) is 11.3 Å². The van der Waals surface area contributed by atoms with Crippen LogP contribution in [0.5, 0.6) is 0 Å². The number of carbonyl (C=O) groups excluding carboxylic acids is 1. The molecule has 0 aliphatic rings. The topological polar surface area (TPSA) is 83.7 Å². The lowest BCUT2D eigenvalue weighted by Crippen LogP contribution is -1.89. The van der Waals surface area contributed by atoms with Gasteiger partial charge in [-0.05, 0) is 29.7 Å². The number of nitrogens with zero attached hydrogens (tertiary/aromatic N) is 5. The first kappa shape index (κ1) is 11.3. The number of aromatic nitrogens is 2. The predicted molar refractivity (Wildman–Crippen MR) is 56.1 cm³/mol. The fraction of sp³-hybridized carbons (Fsp3) is 0.250. The van der Waals surface area contributed by atoms with Gasteiger partial charge >= 0.3 is 0 Å². The summed E-state index contributed by atoms with van der Waals surface area (Å²) in [5, 5.41) is 7.37. The number of hydrogen-bond acceptors (Lipinski definition) is 2. The van der Waals surface area contributed by atoms with E-state index in [1.807, 2.05) is 0 Å². The molecule has 0 fully saturated rings. The van der Waals surface area contributed by atoms with E-state index >= 15 is 0 Å². The Balaban J connectivity index is 2.99. The van der Waals surface area contributed by atoms with E-state index in [1.54, 1.807) is 14.0 Å². The number of amides is 1. The summed E-state index contributed by atoms with van der Waals surface area (Å²) in [5.74, 6) is -0.670. The van der Waals surface area contributed by atoms with Gasteiger partial charge in [0.2, 0.25) is 5.91 Å². The molecule has 0 spiro atoms. The van der Waals surface area contributed by atoms with Gasteiger partial charge in [0.15, 0.2) is 0 Å². The lowest BCUT2D eigenvalue weighted by molar-refractivity contribution is -0.113. The molecule has 0 saturated heterocycles. The van der Waals surface area contributed by atoms with E-state index in [0.717, 1.165) is 6.08 Å². The van der Waals surface area contributed by atoms with Crippen molar-refractivity contribution in [3.8, 4) is 0 Å². The maximum atomic E-state index is 10.9. The van der Waals surface area contributed by atoms with Crippen molar-refractivity contribution in [1.29, 1.82) is 0 Å². The van der Waals surface area contributed by atoms with Crippen LogP contribution in [0, 0.1) is 6.92 Å². The maximum Gasteiger partial charge on any atom is 0.242 e. The van der Waals surface area contributed by atoms with E-state index < -0.39 is 5.91 Å². The molecule has 0 aliphatic carbocycles. The second-order valence-corrected chi connectivity index (χ2v) is 3.13. The summed E-state index contributed by atoms with van der Waals surface area (Å²) in [6, 6.07) is 0. The highest BCUT2D eigenvalue weighted by Crippen LogP contribution is 2.19. The molecular formula is C8H8ClN5O. The van der Waals surface area contributed by atoms with Gasteiger partial charge in [-0.15, -0.1) is 0 Å². The Hall–Kier alpha value is -1.78. The Bertz CT molecular complexity index is 470. The largest absolute Gasteiger partial charge is 0.288 e. The molecule has 0 aliphatic heterocycles. The van der Waals surface area contributed by atoms with Gasteiger partial charge in [0.1, 0.15) is 5.15 Å². The van der Waals surface area contributed by atoms with Crippen molar-refractivity contribution in [2.45, 2.75) is 6.92 Å². The van der Waals surface area contributed by atoms with Crippen LogP contribution in [0.25, 0.3) is 16.5 Å². The normalized spacial score (nSPS) is 10.3. The molecule has 1 rings (SSSR count). The molecule has 0 saturated carbocycles. The predicted octanol–water partition coefficient (Wildman–Crippen LogP) is 2.23. The minimum atomic E-state index is -0.670. The fourth-order valence-electron chi connectivity index (χ4n) is 1.07. The zero-order valence-electron chi connectivity index (χ0n) is 8.18. The number of hydrogen-bond donors (Lipinski definition) is 0. The Morgan fingerprint density at radius 1 is 1.73 bits per heavy atom. The highest BCUT2D eigenvalue weighted by Gasteiger charge is 2.07. The molecule has 0 unspecified atom stereocenters. The molecule has 1 aromatic rings. The van der Waals surface area contributed by atoms with Gasteiger partial charge in [-0.3, -0.25) is 9.48 Å². The standard InChI is InChI=1S/C8H8ClN5O/c1-5-6(8(9)14(2)12-5)3-4-7(15)11-13-10/h3-4H,1-2H3/b4-3+. The van der Waals surface area contributed by atoms with Crippen molar-refractivity contribution in [1.82, 2.24) is 9.78 Å². The molecule has 0 radical (unpaired) electrons. The summed E-state index contributed by atoms with van der Waals surface area (Å²) in [5.41, 5.74) is 9.35. The molecule has 1 amide bonds. The van der Waals surface area contributed by atoms with Crippen LogP contribution in [-0.2, 0) is 11.8 Å². The highest BCUT2D eigenvalue weighted by molar-refractivity contribution is 6.31. The minimum Gasteiger partial charge on any atom is -0.288 e. The molecule has 1 heterocycles. The van der Waals surface area contributed by atoms with Crippen molar-refractivity contribution in [2.75, 3.05) is 0 Å². The first-order chi connectivity index (χ1) is 7.06. The van der Waals surface area contributed by atoms with E-state index in [-0.39, 0.29) is 0 Å². The SMILES string of the molecule is Cc1nn(C)c(Cl)c1/C=C/C(=O)N=[N+]=[N-]. The van der Waals surface area contributed by atoms with Crippen LogP contribution in [0.15, 0.2) is 11.2 Å². The van der Waals surface area contributed by atoms with Crippen LogP contribution in [0.4, 0.5) is 0 Å². The first-order valence-corrected chi connectivity index (χ1v) is 4.40. The number of carbonyl (C=O) groups is 1. The molecule has 6 nitrogen and oxygen atoms in total. The third kappa shape index (κ3) is 2.59. The van der Waals surface area contributed by atoms with Gasteiger partial charge in [0.25, 0.3) is 0 Å². The second kappa shape index (κ2) is 4.63. The summed E-state index contributed by atoms with van der Waals surface area (Å²) < 4.78 is 1.49. The molecule has 7 heteroatoms. The highest BCUT2D eigenvalue weighted by atomic mass is 35.5. The Morgan fingerprint density at radius 3 is 2.87 bits per heavy atom.